The highest BCUT2D eigenvalue weighted by Gasteiger charge is 2.19. The van der Waals surface area contributed by atoms with E-state index in [0.717, 1.165) is 12.1 Å². The Balaban J connectivity index is 0.000000401. The Bertz CT molecular complexity index is 618. The first-order valence-electron chi connectivity index (χ1n) is 6.64. The number of rotatable bonds is 4. The second-order valence-corrected chi connectivity index (χ2v) is 6.70. The molecule has 1 aromatic carbocycles. The zero-order chi connectivity index (χ0) is 17.6. The average molecular weight is 329 g/mol. The van der Waals surface area contributed by atoms with Gasteiger partial charge in [-0.2, -0.15) is 0 Å². The van der Waals surface area contributed by atoms with E-state index < -0.39 is 10.1 Å². The van der Waals surface area contributed by atoms with E-state index in [2.05, 4.69) is 6.58 Å². The summed E-state index contributed by atoms with van der Waals surface area (Å²) < 4.78 is 31.4. The van der Waals surface area contributed by atoms with Crippen LogP contribution < -0.4 is 0 Å². The highest BCUT2D eigenvalue weighted by molar-refractivity contribution is 7.85. The van der Waals surface area contributed by atoms with Gasteiger partial charge in [0.05, 0.1) is 4.90 Å². The molecule has 0 spiro atoms. The van der Waals surface area contributed by atoms with Crippen LogP contribution in [0, 0.1) is 6.92 Å². The maximum atomic E-state index is 11.0. The van der Waals surface area contributed by atoms with Crippen molar-refractivity contribution in [1.82, 2.24) is 0 Å². The minimum Gasteiger partial charge on any atom is -0.744 e. The first-order chi connectivity index (χ1) is 9.89. The lowest BCUT2D eigenvalue weighted by Gasteiger charge is -2.23. The first-order valence-corrected chi connectivity index (χ1v) is 8.05. The normalized spacial score (nSPS) is 11.2. The summed E-state index contributed by atoms with van der Waals surface area (Å²) >= 11 is 0. The molecule has 1 rings (SSSR count). The van der Waals surface area contributed by atoms with E-state index in [1.54, 1.807) is 19.1 Å². The van der Waals surface area contributed by atoms with Crippen LogP contribution in [-0.2, 0) is 19.8 Å². The summed E-state index contributed by atoms with van der Waals surface area (Å²) in [7, 11) is -0.629. The Morgan fingerprint density at radius 1 is 1.27 bits per heavy atom. The highest BCUT2D eigenvalue weighted by atomic mass is 32.2. The summed E-state index contributed by atoms with van der Waals surface area (Å²) in [5.74, 6) is -0.336. The molecule has 0 aliphatic heterocycles. The fourth-order valence-electron chi connectivity index (χ4n) is 1.07. The lowest BCUT2D eigenvalue weighted by atomic mass is 10.2. The van der Waals surface area contributed by atoms with Crippen molar-refractivity contribution in [2.24, 2.45) is 0 Å². The van der Waals surface area contributed by atoms with Crippen molar-refractivity contribution in [2.75, 3.05) is 20.6 Å². The summed E-state index contributed by atoms with van der Waals surface area (Å²) in [5.41, 5.74) is 1.36. The Labute approximate surface area is 132 Å². The molecule has 0 aromatic heterocycles. The number of benzene rings is 1. The Morgan fingerprint density at radius 3 is 2.05 bits per heavy atom. The van der Waals surface area contributed by atoms with Crippen molar-refractivity contribution >= 4 is 16.1 Å². The number of carbonyl (C=O) groups excluding carboxylic acids is 1. The lowest BCUT2D eigenvalue weighted by Crippen LogP contribution is -2.41. The molecule has 0 radical (unpaired) electrons. The van der Waals surface area contributed by atoms with Gasteiger partial charge < -0.3 is 4.55 Å². The number of aryl methyl sites for hydroxylation is 1. The molecule has 0 heterocycles. The van der Waals surface area contributed by atoms with Crippen LogP contribution in [0.15, 0.2) is 41.3 Å². The molecular weight excluding hydrogens is 306 g/mol. The minimum atomic E-state index is -4.27. The summed E-state index contributed by atoms with van der Waals surface area (Å²) in [5, 5.41) is 0. The molecule has 0 saturated carbocycles. The van der Waals surface area contributed by atoms with E-state index in [9.17, 15) is 17.8 Å². The summed E-state index contributed by atoms with van der Waals surface area (Å²) in [6.07, 6.45) is 0. The fourth-order valence-corrected chi connectivity index (χ4v) is 1.54. The monoisotopic (exact) mass is 329 g/mol. The molecule has 0 atom stereocenters. The molecule has 0 fully saturated rings. The van der Waals surface area contributed by atoms with Gasteiger partial charge in [0.1, 0.15) is 30.8 Å². The second-order valence-electron chi connectivity index (χ2n) is 5.32. The van der Waals surface area contributed by atoms with Gasteiger partial charge in [-0.05, 0) is 32.9 Å². The van der Waals surface area contributed by atoms with Crippen molar-refractivity contribution in [1.29, 1.82) is 0 Å². The number of hydrogen-bond donors (Lipinski definition) is 0. The molecule has 1 aromatic rings. The van der Waals surface area contributed by atoms with E-state index in [-0.39, 0.29) is 15.5 Å². The third kappa shape index (κ3) is 7.92. The van der Waals surface area contributed by atoms with Gasteiger partial charge in [-0.15, -0.1) is 4.65 Å². The van der Waals surface area contributed by atoms with E-state index in [4.69, 9.17) is 4.84 Å². The molecule has 22 heavy (non-hydrogen) atoms. The number of hydroxylamine groups is 3. The number of hydrogen-bond acceptors (Lipinski definition) is 5. The van der Waals surface area contributed by atoms with Crippen molar-refractivity contribution in [3.8, 4) is 0 Å². The predicted octanol–water partition coefficient (Wildman–Crippen LogP) is 2.02. The molecule has 7 heteroatoms. The number of quaternary nitrogens is 1. The topological polar surface area (TPSA) is 83.5 Å². The van der Waals surface area contributed by atoms with Crippen molar-refractivity contribution in [3.05, 3.63) is 42.0 Å². The Kier molecular flexibility index (Phi) is 7.45. The second kappa shape index (κ2) is 8.07. The first kappa shape index (κ1) is 20.3. The third-order valence-electron chi connectivity index (χ3n) is 2.75. The van der Waals surface area contributed by atoms with Crippen LogP contribution >= 0.6 is 0 Å². The smallest absolute Gasteiger partial charge is 0.392 e. The molecule has 6 nitrogen and oxygen atoms in total. The van der Waals surface area contributed by atoms with Gasteiger partial charge in [-0.3, -0.25) is 4.84 Å². The molecule has 0 unspecified atom stereocenters. The highest BCUT2D eigenvalue weighted by Crippen LogP contribution is 2.08. The fraction of sp³-hybridized carbons (Fsp3) is 0.400. The maximum Gasteiger partial charge on any atom is 0.392 e. The number of carbonyl (C=O) groups is 1. The molecule has 0 bridgehead atoms. The van der Waals surface area contributed by atoms with Crippen LogP contribution in [0.1, 0.15) is 19.4 Å². The van der Waals surface area contributed by atoms with Gasteiger partial charge >= 0.3 is 5.97 Å². The summed E-state index contributed by atoms with van der Waals surface area (Å²) in [4.78, 5) is 15.8. The van der Waals surface area contributed by atoms with Gasteiger partial charge in [0.2, 0.25) is 0 Å². The van der Waals surface area contributed by atoms with Crippen molar-refractivity contribution in [2.45, 2.75) is 25.7 Å². The third-order valence-corrected chi connectivity index (χ3v) is 3.60. The van der Waals surface area contributed by atoms with Gasteiger partial charge in [0.15, 0.2) is 0 Å². The average Bonchev–Trinajstić information content (AvgIpc) is 2.38. The quantitative estimate of drug-likeness (QED) is 0.365. The minimum absolute atomic E-state index is 0.178. The number of nitrogens with zero attached hydrogens (tertiary/aromatic N) is 1. The van der Waals surface area contributed by atoms with Gasteiger partial charge in [-0.25, -0.2) is 13.2 Å². The molecule has 0 amide bonds. The molecule has 0 aliphatic rings. The largest absolute Gasteiger partial charge is 0.744 e. The van der Waals surface area contributed by atoms with Crippen LogP contribution in [0.2, 0.25) is 0 Å². The van der Waals surface area contributed by atoms with Gasteiger partial charge in [0, 0.05) is 5.57 Å². The van der Waals surface area contributed by atoms with E-state index >= 15 is 0 Å². The van der Waals surface area contributed by atoms with Crippen LogP contribution in [0.25, 0.3) is 0 Å². The van der Waals surface area contributed by atoms with Crippen LogP contribution in [0.3, 0.4) is 0 Å². The molecule has 0 aliphatic carbocycles. The van der Waals surface area contributed by atoms with E-state index in [0.29, 0.717) is 5.57 Å². The molecule has 124 valence electrons. The van der Waals surface area contributed by atoms with E-state index in [1.807, 2.05) is 27.9 Å². The Morgan fingerprint density at radius 2 is 1.73 bits per heavy atom. The lowest BCUT2D eigenvalue weighted by molar-refractivity contribution is -1.06. The van der Waals surface area contributed by atoms with E-state index in [1.165, 1.54) is 12.1 Å². The molecule has 0 saturated heterocycles. The standard InChI is InChI=1S/C8H16NO2.C7H8O3S/c1-6-9(4,5)11-8(10)7(2)3;1-6-2-4-7(5-3-6)11(8,9)10/h2,6H2,1,3-5H3;2-5H,1H3,(H,8,9,10)/q+1;/p-1. The van der Waals surface area contributed by atoms with Gasteiger partial charge in [-0.1, -0.05) is 24.3 Å². The zero-order valence-corrected chi connectivity index (χ0v) is 14.4. The maximum absolute atomic E-state index is 11.0. The summed E-state index contributed by atoms with van der Waals surface area (Å²) in [6.45, 7) is 9.65. The zero-order valence-electron chi connectivity index (χ0n) is 13.6. The Hall–Kier alpha value is -1.70. The van der Waals surface area contributed by atoms with Crippen LogP contribution in [0.4, 0.5) is 0 Å². The van der Waals surface area contributed by atoms with Crippen LogP contribution in [-0.4, -0.2) is 44.2 Å². The summed E-state index contributed by atoms with van der Waals surface area (Å²) in [6, 6.07) is 5.78. The molecule has 0 N–H and O–H groups in total. The predicted molar refractivity (Wildman–Crippen MR) is 82.7 cm³/mol. The van der Waals surface area contributed by atoms with Crippen molar-refractivity contribution < 1.29 is 27.2 Å². The SMILES string of the molecule is C=C(C)C(=O)O[N+](C)(C)CC.Cc1ccc(S(=O)(=O)[O-])cc1. The van der Waals surface area contributed by atoms with Crippen LogP contribution in [0.5, 0.6) is 0 Å². The molecular formula is C15H23NO5S. The van der Waals surface area contributed by atoms with Crippen molar-refractivity contribution in [3.63, 3.8) is 0 Å². The van der Waals surface area contributed by atoms with Gasteiger partial charge in [0.25, 0.3) is 0 Å².